The van der Waals surface area contributed by atoms with Gasteiger partial charge in [-0.3, -0.25) is 10.1 Å². The molecule has 0 radical (unpaired) electrons. The van der Waals surface area contributed by atoms with E-state index in [0.717, 1.165) is 26.1 Å². The minimum atomic E-state index is -0.500. The van der Waals surface area contributed by atoms with Crippen LogP contribution in [0, 0.1) is 21.8 Å². The van der Waals surface area contributed by atoms with E-state index in [-0.39, 0.29) is 15.8 Å². The Morgan fingerprint density at radius 1 is 1.60 bits per heavy atom. The highest BCUT2D eigenvalue weighted by molar-refractivity contribution is 9.10. The number of nitro benzene ring substituents is 1. The van der Waals surface area contributed by atoms with Crippen molar-refractivity contribution >= 4 is 27.3 Å². The molecule has 1 aliphatic rings. The predicted molar refractivity (Wildman–Crippen MR) is 79.5 cm³/mol. The maximum Gasteiger partial charge on any atom is 0.293 e. The highest BCUT2D eigenvalue weighted by atomic mass is 79.9. The molecule has 1 aromatic carbocycles. The highest BCUT2D eigenvalue weighted by Crippen LogP contribution is 2.31. The number of rotatable bonds is 5. The van der Waals surface area contributed by atoms with Gasteiger partial charge in [-0.25, -0.2) is 4.39 Å². The maximum absolute atomic E-state index is 13.5. The van der Waals surface area contributed by atoms with Crippen LogP contribution in [0.25, 0.3) is 0 Å². The number of benzene rings is 1. The SMILES string of the molecule is CCN1CCC(CNc2cc(F)c(Br)cc2[N+](=O)[O-])C1. The number of nitrogens with one attached hydrogen (secondary N) is 1. The first-order chi connectivity index (χ1) is 9.51. The quantitative estimate of drug-likeness (QED) is 0.657. The second-order valence-corrected chi connectivity index (χ2v) is 5.82. The molecule has 0 spiro atoms. The normalized spacial score (nSPS) is 19.2. The summed E-state index contributed by atoms with van der Waals surface area (Å²) in [6, 6.07) is 2.37. The molecule has 5 nitrogen and oxygen atoms in total. The molecule has 1 N–H and O–H groups in total. The number of halogens is 2. The van der Waals surface area contributed by atoms with Gasteiger partial charge in [-0.2, -0.15) is 0 Å². The van der Waals surface area contributed by atoms with Crippen LogP contribution in [-0.2, 0) is 0 Å². The van der Waals surface area contributed by atoms with Crippen LogP contribution < -0.4 is 5.32 Å². The minimum Gasteiger partial charge on any atom is -0.379 e. The summed E-state index contributed by atoms with van der Waals surface area (Å²) >= 11 is 2.97. The van der Waals surface area contributed by atoms with E-state index >= 15 is 0 Å². The van der Waals surface area contributed by atoms with Gasteiger partial charge >= 0.3 is 0 Å². The van der Waals surface area contributed by atoms with Crippen LogP contribution >= 0.6 is 15.9 Å². The summed E-state index contributed by atoms with van der Waals surface area (Å²) in [6.07, 6.45) is 1.06. The molecule has 1 atom stereocenters. The molecule has 20 heavy (non-hydrogen) atoms. The Kier molecular flexibility index (Phi) is 4.93. The molecular weight excluding hydrogens is 329 g/mol. The Labute approximate surface area is 125 Å². The van der Waals surface area contributed by atoms with Crippen molar-refractivity contribution in [1.82, 2.24) is 4.90 Å². The number of nitro groups is 1. The zero-order valence-electron chi connectivity index (χ0n) is 11.2. The Bertz CT molecular complexity index is 513. The monoisotopic (exact) mass is 345 g/mol. The number of anilines is 1. The van der Waals surface area contributed by atoms with Crippen LogP contribution in [-0.4, -0.2) is 36.0 Å². The van der Waals surface area contributed by atoms with E-state index in [4.69, 9.17) is 0 Å². The summed E-state index contributed by atoms with van der Waals surface area (Å²) < 4.78 is 13.6. The fraction of sp³-hybridized carbons (Fsp3) is 0.538. The summed E-state index contributed by atoms with van der Waals surface area (Å²) in [5, 5.41) is 14.0. The second-order valence-electron chi connectivity index (χ2n) is 4.97. The molecule has 0 amide bonds. The van der Waals surface area contributed by atoms with Crippen molar-refractivity contribution in [2.75, 3.05) is 31.5 Å². The van der Waals surface area contributed by atoms with E-state index in [0.29, 0.717) is 12.5 Å². The average molecular weight is 346 g/mol. The number of hydrogen-bond acceptors (Lipinski definition) is 4. The van der Waals surface area contributed by atoms with Crippen molar-refractivity contribution in [3.05, 3.63) is 32.5 Å². The third-order valence-corrected chi connectivity index (χ3v) is 4.24. The fourth-order valence-corrected chi connectivity index (χ4v) is 2.78. The zero-order valence-corrected chi connectivity index (χ0v) is 12.8. The molecule has 110 valence electrons. The van der Waals surface area contributed by atoms with Crippen molar-refractivity contribution in [3.63, 3.8) is 0 Å². The lowest BCUT2D eigenvalue weighted by Gasteiger charge is -2.14. The van der Waals surface area contributed by atoms with E-state index in [1.165, 1.54) is 12.1 Å². The van der Waals surface area contributed by atoms with Gasteiger partial charge in [-0.15, -0.1) is 0 Å². The lowest BCUT2D eigenvalue weighted by molar-refractivity contribution is -0.384. The Morgan fingerprint density at radius 3 is 2.95 bits per heavy atom. The van der Waals surface area contributed by atoms with Gasteiger partial charge in [0.05, 0.1) is 9.40 Å². The van der Waals surface area contributed by atoms with Gasteiger partial charge < -0.3 is 10.2 Å². The summed E-state index contributed by atoms with van der Waals surface area (Å²) in [5.74, 6) is -0.0547. The number of likely N-dealkylation sites (tertiary alicyclic amines) is 1. The predicted octanol–water partition coefficient (Wildman–Crippen LogP) is 3.25. The highest BCUT2D eigenvalue weighted by Gasteiger charge is 2.23. The van der Waals surface area contributed by atoms with Gasteiger partial charge in [0.2, 0.25) is 0 Å². The average Bonchev–Trinajstić information content (AvgIpc) is 2.87. The standard InChI is InChI=1S/C13H17BrFN3O2/c1-2-17-4-3-9(8-17)7-16-12-6-11(15)10(14)5-13(12)18(19)20/h5-6,9,16H,2-4,7-8H2,1H3. The van der Waals surface area contributed by atoms with Crippen molar-refractivity contribution in [3.8, 4) is 0 Å². The first kappa shape index (κ1) is 15.2. The summed E-state index contributed by atoms with van der Waals surface area (Å²) in [6.45, 7) is 5.79. The lowest BCUT2D eigenvalue weighted by Crippen LogP contribution is -2.22. The summed E-state index contributed by atoms with van der Waals surface area (Å²) in [5.41, 5.74) is 0.134. The molecule has 0 aliphatic carbocycles. The molecule has 1 saturated heterocycles. The van der Waals surface area contributed by atoms with Crippen LogP contribution in [0.15, 0.2) is 16.6 Å². The lowest BCUT2D eigenvalue weighted by atomic mass is 10.1. The van der Waals surface area contributed by atoms with Crippen LogP contribution in [0.1, 0.15) is 13.3 Å². The van der Waals surface area contributed by atoms with Gasteiger partial charge in [-0.05, 0) is 41.4 Å². The van der Waals surface area contributed by atoms with Gasteiger partial charge in [0.25, 0.3) is 5.69 Å². The number of hydrogen-bond donors (Lipinski definition) is 1. The summed E-state index contributed by atoms with van der Waals surface area (Å²) in [4.78, 5) is 12.8. The molecule has 0 saturated carbocycles. The Hall–Kier alpha value is -1.21. The number of nitrogens with zero attached hydrogens (tertiary/aromatic N) is 2. The van der Waals surface area contributed by atoms with E-state index in [2.05, 4.69) is 33.1 Å². The molecule has 0 bridgehead atoms. The van der Waals surface area contributed by atoms with Crippen molar-refractivity contribution in [2.45, 2.75) is 13.3 Å². The van der Waals surface area contributed by atoms with E-state index in [1.807, 2.05) is 0 Å². The van der Waals surface area contributed by atoms with E-state index < -0.39 is 10.7 Å². The summed E-state index contributed by atoms with van der Waals surface area (Å²) in [7, 11) is 0. The van der Waals surface area contributed by atoms with Crippen LogP contribution in [0.4, 0.5) is 15.8 Å². The van der Waals surface area contributed by atoms with Crippen molar-refractivity contribution < 1.29 is 9.31 Å². The third-order valence-electron chi connectivity index (χ3n) is 3.63. The first-order valence-electron chi connectivity index (χ1n) is 6.61. The van der Waals surface area contributed by atoms with E-state index in [1.54, 1.807) is 0 Å². The molecule has 1 unspecified atom stereocenters. The molecule has 2 rings (SSSR count). The third kappa shape index (κ3) is 3.46. The molecule has 1 aliphatic heterocycles. The van der Waals surface area contributed by atoms with Gasteiger partial charge in [0.15, 0.2) is 0 Å². The zero-order chi connectivity index (χ0) is 14.7. The van der Waals surface area contributed by atoms with Crippen LogP contribution in [0.2, 0.25) is 0 Å². The topological polar surface area (TPSA) is 58.4 Å². The maximum atomic E-state index is 13.5. The minimum absolute atomic E-state index is 0.104. The van der Waals surface area contributed by atoms with Crippen LogP contribution in [0.3, 0.4) is 0 Å². The molecular formula is C13H17BrFN3O2. The largest absolute Gasteiger partial charge is 0.379 e. The Morgan fingerprint density at radius 2 is 2.35 bits per heavy atom. The molecule has 7 heteroatoms. The fourth-order valence-electron chi connectivity index (χ4n) is 2.45. The van der Waals surface area contributed by atoms with Crippen molar-refractivity contribution in [1.29, 1.82) is 0 Å². The first-order valence-corrected chi connectivity index (χ1v) is 7.40. The van der Waals surface area contributed by atoms with Gasteiger partial charge in [0.1, 0.15) is 11.5 Å². The van der Waals surface area contributed by atoms with E-state index in [9.17, 15) is 14.5 Å². The molecule has 1 fully saturated rings. The molecule has 1 heterocycles. The molecule has 0 aromatic heterocycles. The second kappa shape index (κ2) is 6.49. The van der Waals surface area contributed by atoms with Gasteiger partial charge in [-0.1, -0.05) is 6.92 Å². The van der Waals surface area contributed by atoms with Gasteiger partial charge in [0, 0.05) is 25.2 Å². The molecule has 1 aromatic rings. The van der Waals surface area contributed by atoms with Crippen molar-refractivity contribution in [2.24, 2.45) is 5.92 Å². The Balaban J connectivity index is 2.05. The van der Waals surface area contributed by atoms with Crippen LogP contribution in [0.5, 0.6) is 0 Å². The smallest absolute Gasteiger partial charge is 0.293 e.